The van der Waals surface area contributed by atoms with Crippen LogP contribution < -0.4 is 9.80 Å². The first-order chi connectivity index (χ1) is 10.3. The lowest BCUT2D eigenvalue weighted by Gasteiger charge is -2.39. The van der Waals surface area contributed by atoms with Crippen molar-refractivity contribution in [1.82, 2.24) is 4.90 Å². The van der Waals surface area contributed by atoms with E-state index in [1.807, 2.05) is 6.07 Å². The number of likely N-dealkylation sites (N-methyl/N-ethyl adjacent to an activating group) is 1. The lowest BCUT2D eigenvalue weighted by Crippen LogP contribution is -2.46. The molecule has 0 spiro atoms. The molecule has 0 radical (unpaired) electrons. The lowest BCUT2D eigenvalue weighted by molar-refractivity contribution is 0.271. The molecule has 0 atom stereocenters. The molecule has 116 valence electrons. The second kappa shape index (κ2) is 6.89. The second-order valence-corrected chi connectivity index (χ2v) is 6.54. The number of anilines is 2. The van der Waals surface area contributed by atoms with E-state index in [1.165, 1.54) is 43.7 Å². The highest BCUT2D eigenvalue weighted by Crippen LogP contribution is 2.34. The standard InChI is InChI=1S/C17H26ClN3/c1-2-19-10-12-21(13-11-19)17-14-15(18)6-7-16(17)20-8-4-3-5-9-20/h6-7,14H,2-5,8-13H2,1H3. The SMILES string of the molecule is CCN1CCN(c2cc(Cl)ccc2N2CCCCC2)CC1. The summed E-state index contributed by atoms with van der Waals surface area (Å²) < 4.78 is 0. The molecule has 0 aromatic heterocycles. The average molecular weight is 308 g/mol. The summed E-state index contributed by atoms with van der Waals surface area (Å²) in [6, 6.07) is 6.42. The first kappa shape index (κ1) is 15.0. The number of piperazine rings is 1. The number of nitrogens with zero attached hydrogens (tertiary/aromatic N) is 3. The molecule has 1 aromatic rings. The van der Waals surface area contributed by atoms with Gasteiger partial charge in [-0.15, -0.1) is 0 Å². The maximum atomic E-state index is 6.28. The van der Waals surface area contributed by atoms with Gasteiger partial charge in [0.1, 0.15) is 0 Å². The van der Waals surface area contributed by atoms with E-state index in [2.05, 4.69) is 33.8 Å². The molecule has 2 saturated heterocycles. The predicted molar refractivity (Wildman–Crippen MR) is 91.8 cm³/mol. The van der Waals surface area contributed by atoms with Crippen molar-refractivity contribution in [2.24, 2.45) is 0 Å². The minimum absolute atomic E-state index is 0.851. The molecular formula is C17H26ClN3. The smallest absolute Gasteiger partial charge is 0.0619 e. The van der Waals surface area contributed by atoms with Gasteiger partial charge in [0.2, 0.25) is 0 Å². The van der Waals surface area contributed by atoms with E-state index in [9.17, 15) is 0 Å². The topological polar surface area (TPSA) is 9.72 Å². The first-order valence-corrected chi connectivity index (χ1v) is 8.67. The van der Waals surface area contributed by atoms with E-state index < -0.39 is 0 Å². The average Bonchev–Trinajstić information content (AvgIpc) is 2.56. The van der Waals surface area contributed by atoms with Crippen molar-refractivity contribution in [3.8, 4) is 0 Å². The zero-order chi connectivity index (χ0) is 14.7. The zero-order valence-corrected chi connectivity index (χ0v) is 13.8. The number of halogens is 1. The summed E-state index contributed by atoms with van der Waals surface area (Å²) in [5.74, 6) is 0. The van der Waals surface area contributed by atoms with Crippen molar-refractivity contribution in [3.05, 3.63) is 23.2 Å². The Morgan fingerprint density at radius 1 is 0.857 bits per heavy atom. The molecule has 2 aliphatic rings. The van der Waals surface area contributed by atoms with Crippen LogP contribution in [0.25, 0.3) is 0 Å². The molecule has 0 saturated carbocycles. The first-order valence-electron chi connectivity index (χ1n) is 8.29. The Labute approximate surface area is 133 Å². The summed E-state index contributed by atoms with van der Waals surface area (Å²) in [7, 11) is 0. The van der Waals surface area contributed by atoms with Gasteiger partial charge in [-0.05, 0) is 44.0 Å². The van der Waals surface area contributed by atoms with Crippen LogP contribution in [0.5, 0.6) is 0 Å². The van der Waals surface area contributed by atoms with Gasteiger partial charge in [0, 0.05) is 44.3 Å². The van der Waals surface area contributed by atoms with Crippen LogP contribution in [0.15, 0.2) is 18.2 Å². The van der Waals surface area contributed by atoms with Gasteiger partial charge in [0.25, 0.3) is 0 Å². The predicted octanol–water partition coefficient (Wildman–Crippen LogP) is 3.47. The fourth-order valence-electron chi connectivity index (χ4n) is 3.46. The third-order valence-electron chi connectivity index (χ3n) is 4.79. The van der Waals surface area contributed by atoms with Crippen LogP contribution >= 0.6 is 11.6 Å². The normalized spacial score (nSPS) is 20.9. The molecule has 2 fully saturated rings. The van der Waals surface area contributed by atoms with E-state index >= 15 is 0 Å². The van der Waals surface area contributed by atoms with Crippen molar-refractivity contribution in [2.45, 2.75) is 26.2 Å². The Morgan fingerprint density at radius 2 is 1.52 bits per heavy atom. The summed E-state index contributed by atoms with van der Waals surface area (Å²) in [5, 5.41) is 0.851. The van der Waals surface area contributed by atoms with E-state index in [1.54, 1.807) is 0 Å². The van der Waals surface area contributed by atoms with E-state index in [0.717, 1.165) is 37.7 Å². The highest BCUT2D eigenvalue weighted by molar-refractivity contribution is 6.31. The monoisotopic (exact) mass is 307 g/mol. The lowest BCUT2D eigenvalue weighted by atomic mass is 10.1. The molecule has 4 heteroatoms. The Bertz CT molecular complexity index is 463. The van der Waals surface area contributed by atoms with Gasteiger partial charge in [-0.2, -0.15) is 0 Å². The highest BCUT2D eigenvalue weighted by atomic mass is 35.5. The summed E-state index contributed by atoms with van der Waals surface area (Å²) >= 11 is 6.28. The van der Waals surface area contributed by atoms with Gasteiger partial charge >= 0.3 is 0 Å². The van der Waals surface area contributed by atoms with Gasteiger partial charge < -0.3 is 14.7 Å². The minimum Gasteiger partial charge on any atom is -0.370 e. The summed E-state index contributed by atoms with van der Waals surface area (Å²) in [4.78, 5) is 7.57. The minimum atomic E-state index is 0.851. The molecule has 2 aliphatic heterocycles. The van der Waals surface area contributed by atoms with Gasteiger partial charge in [-0.3, -0.25) is 0 Å². The third-order valence-corrected chi connectivity index (χ3v) is 5.03. The number of hydrogen-bond acceptors (Lipinski definition) is 3. The number of piperidine rings is 1. The van der Waals surface area contributed by atoms with Gasteiger partial charge in [0.05, 0.1) is 11.4 Å². The summed E-state index contributed by atoms with van der Waals surface area (Å²) in [6.45, 7) is 10.3. The fourth-order valence-corrected chi connectivity index (χ4v) is 3.62. The number of hydrogen-bond donors (Lipinski definition) is 0. The maximum Gasteiger partial charge on any atom is 0.0619 e. The van der Waals surface area contributed by atoms with Gasteiger partial charge in [-0.25, -0.2) is 0 Å². The van der Waals surface area contributed by atoms with Crippen LogP contribution in [-0.2, 0) is 0 Å². The van der Waals surface area contributed by atoms with Crippen molar-refractivity contribution >= 4 is 23.0 Å². The molecular weight excluding hydrogens is 282 g/mol. The number of benzene rings is 1. The molecule has 0 amide bonds. The molecule has 0 unspecified atom stereocenters. The van der Waals surface area contributed by atoms with Crippen molar-refractivity contribution in [3.63, 3.8) is 0 Å². The van der Waals surface area contributed by atoms with Gasteiger partial charge in [0.15, 0.2) is 0 Å². The van der Waals surface area contributed by atoms with E-state index in [4.69, 9.17) is 11.6 Å². The van der Waals surface area contributed by atoms with E-state index in [0.29, 0.717) is 0 Å². The Hall–Kier alpha value is -0.930. The molecule has 3 rings (SSSR count). The Kier molecular flexibility index (Phi) is 4.91. The molecule has 3 nitrogen and oxygen atoms in total. The van der Waals surface area contributed by atoms with Crippen LogP contribution in [0.4, 0.5) is 11.4 Å². The zero-order valence-electron chi connectivity index (χ0n) is 13.0. The van der Waals surface area contributed by atoms with E-state index in [-0.39, 0.29) is 0 Å². The summed E-state index contributed by atoms with van der Waals surface area (Å²) in [6.07, 6.45) is 3.99. The second-order valence-electron chi connectivity index (χ2n) is 6.10. The van der Waals surface area contributed by atoms with Crippen LogP contribution in [0.2, 0.25) is 5.02 Å². The van der Waals surface area contributed by atoms with Crippen molar-refractivity contribution in [2.75, 3.05) is 55.6 Å². The van der Waals surface area contributed by atoms with Crippen LogP contribution in [0, 0.1) is 0 Å². The molecule has 0 aliphatic carbocycles. The molecule has 21 heavy (non-hydrogen) atoms. The Morgan fingerprint density at radius 3 is 2.19 bits per heavy atom. The quantitative estimate of drug-likeness (QED) is 0.846. The largest absolute Gasteiger partial charge is 0.370 e. The van der Waals surface area contributed by atoms with Crippen LogP contribution in [-0.4, -0.2) is 50.7 Å². The van der Waals surface area contributed by atoms with Crippen LogP contribution in [0.1, 0.15) is 26.2 Å². The van der Waals surface area contributed by atoms with Crippen LogP contribution in [0.3, 0.4) is 0 Å². The molecule has 1 aromatic carbocycles. The van der Waals surface area contributed by atoms with Gasteiger partial charge in [-0.1, -0.05) is 18.5 Å². The van der Waals surface area contributed by atoms with Crippen molar-refractivity contribution < 1.29 is 0 Å². The fraction of sp³-hybridized carbons (Fsp3) is 0.647. The Balaban J connectivity index is 1.81. The maximum absolute atomic E-state index is 6.28. The molecule has 2 heterocycles. The number of rotatable bonds is 3. The highest BCUT2D eigenvalue weighted by Gasteiger charge is 2.21. The third kappa shape index (κ3) is 3.46. The molecule has 0 N–H and O–H groups in total. The summed E-state index contributed by atoms with van der Waals surface area (Å²) in [5.41, 5.74) is 2.71. The molecule has 0 bridgehead atoms. The van der Waals surface area contributed by atoms with Crippen molar-refractivity contribution in [1.29, 1.82) is 0 Å².